The molecule has 0 atom stereocenters. The Kier molecular flexibility index (Phi) is 3.27. The second-order valence-electron chi connectivity index (χ2n) is 2.87. The number of aryl methyl sites for hydroxylation is 1. The van der Waals surface area contributed by atoms with Crippen LogP contribution in [0.1, 0.15) is 24.6 Å². The average molecular weight is 175 g/mol. The van der Waals surface area contributed by atoms with Crippen LogP contribution in [0, 0.1) is 18.3 Å². The highest BCUT2D eigenvalue weighted by Gasteiger charge is 2.01. The molecule has 0 aliphatic carbocycles. The van der Waals surface area contributed by atoms with E-state index < -0.39 is 0 Å². The molecule has 13 heavy (non-hydrogen) atoms. The number of allylic oxidation sites excluding steroid dienone is 1. The van der Waals surface area contributed by atoms with E-state index in [4.69, 9.17) is 5.26 Å². The van der Waals surface area contributed by atoms with Gasteiger partial charge in [0, 0.05) is 23.9 Å². The van der Waals surface area contributed by atoms with Gasteiger partial charge in [-0.25, -0.2) is 0 Å². The van der Waals surface area contributed by atoms with Crippen molar-refractivity contribution in [2.75, 3.05) is 0 Å². The zero-order valence-electron chi connectivity index (χ0n) is 7.99. The van der Waals surface area contributed by atoms with E-state index in [1.54, 1.807) is 12.3 Å². The molecular weight excluding hydrogens is 162 g/mol. The number of hydrogen-bond acceptors (Lipinski definition) is 2. The average Bonchev–Trinajstić information content (AvgIpc) is 2.46. The second-order valence-corrected chi connectivity index (χ2v) is 2.87. The van der Waals surface area contributed by atoms with Crippen molar-refractivity contribution in [2.45, 2.75) is 26.8 Å². The van der Waals surface area contributed by atoms with E-state index in [0.717, 1.165) is 24.2 Å². The van der Waals surface area contributed by atoms with E-state index >= 15 is 0 Å². The van der Waals surface area contributed by atoms with Gasteiger partial charge in [0.15, 0.2) is 0 Å². The highest BCUT2D eigenvalue weighted by Crippen LogP contribution is 2.09. The summed E-state index contributed by atoms with van der Waals surface area (Å²) in [5, 5.41) is 12.6. The Morgan fingerprint density at radius 2 is 2.46 bits per heavy atom. The molecule has 1 aromatic heterocycles. The van der Waals surface area contributed by atoms with Crippen LogP contribution < -0.4 is 0 Å². The minimum atomic E-state index is 0.937. The molecule has 0 amide bonds. The van der Waals surface area contributed by atoms with Crippen molar-refractivity contribution in [2.24, 2.45) is 0 Å². The molecule has 0 N–H and O–H groups in total. The van der Waals surface area contributed by atoms with E-state index in [0.29, 0.717) is 0 Å². The Balaban J connectivity index is 2.87. The standard InChI is InChI=1S/C10H13N3/c1-3-7-13-9(2)10(8-12-13)5-4-6-11/h4-5,8H,3,7H2,1-2H3. The first-order chi connectivity index (χ1) is 6.29. The fourth-order valence-electron chi connectivity index (χ4n) is 1.19. The molecule has 0 spiro atoms. The van der Waals surface area contributed by atoms with Crippen LogP contribution in [-0.2, 0) is 6.54 Å². The number of hydrogen-bond donors (Lipinski definition) is 0. The molecule has 0 aromatic carbocycles. The van der Waals surface area contributed by atoms with E-state index in [2.05, 4.69) is 12.0 Å². The summed E-state index contributed by atoms with van der Waals surface area (Å²) in [6.45, 7) is 5.07. The Hall–Kier alpha value is -1.56. The molecular formula is C10H13N3. The van der Waals surface area contributed by atoms with Crippen molar-refractivity contribution in [3.63, 3.8) is 0 Å². The number of nitriles is 1. The minimum absolute atomic E-state index is 0.937. The first-order valence-electron chi connectivity index (χ1n) is 4.38. The summed E-state index contributed by atoms with van der Waals surface area (Å²) in [4.78, 5) is 0. The maximum Gasteiger partial charge on any atom is 0.0912 e. The van der Waals surface area contributed by atoms with E-state index in [1.807, 2.05) is 17.7 Å². The Bertz CT molecular complexity index is 342. The molecule has 3 nitrogen and oxygen atoms in total. The number of rotatable bonds is 3. The van der Waals surface area contributed by atoms with Crippen molar-refractivity contribution in [3.8, 4) is 6.07 Å². The van der Waals surface area contributed by atoms with Crippen LogP contribution in [-0.4, -0.2) is 9.78 Å². The smallest absolute Gasteiger partial charge is 0.0912 e. The highest BCUT2D eigenvalue weighted by atomic mass is 15.3. The van der Waals surface area contributed by atoms with Crippen LogP contribution in [0.3, 0.4) is 0 Å². The van der Waals surface area contributed by atoms with Gasteiger partial charge in [-0.05, 0) is 19.4 Å². The SMILES string of the molecule is CCCn1ncc(C=CC#N)c1C. The van der Waals surface area contributed by atoms with Crippen molar-refractivity contribution < 1.29 is 0 Å². The van der Waals surface area contributed by atoms with Crippen molar-refractivity contribution in [1.29, 1.82) is 5.26 Å². The summed E-state index contributed by atoms with van der Waals surface area (Å²) in [5.41, 5.74) is 2.14. The molecule has 0 radical (unpaired) electrons. The van der Waals surface area contributed by atoms with Gasteiger partial charge in [0.1, 0.15) is 0 Å². The zero-order chi connectivity index (χ0) is 9.68. The lowest BCUT2D eigenvalue weighted by Gasteiger charge is -2.00. The molecule has 3 heteroatoms. The third-order valence-electron chi connectivity index (χ3n) is 1.91. The van der Waals surface area contributed by atoms with Crippen molar-refractivity contribution in [1.82, 2.24) is 9.78 Å². The Morgan fingerprint density at radius 3 is 3.08 bits per heavy atom. The van der Waals surface area contributed by atoms with Gasteiger partial charge in [0.25, 0.3) is 0 Å². The summed E-state index contributed by atoms with van der Waals surface area (Å²) >= 11 is 0. The van der Waals surface area contributed by atoms with Crippen LogP contribution in [0.25, 0.3) is 6.08 Å². The molecule has 0 aliphatic rings. The Morgan fingerprint density at radius 1 is 1.69 bits per heavy atom. The normalized spacial score (nSPS) is 10.5. The largest absolute Gasteiger partial charge is 0.269 e. The van der Waals surface area contributed by atoms with Crippen LogP contribution in [0.4, 0.5) is 0 Å². The summed E-state index contributed by atoms with van der Waals surface area (Å²) in [6, 6.07) is 1.97. The number of nitrogens with zero attached hydrogens (tertiary/aromatic N) is 3. The minimum Gasteiger partial charge on any atom is -0.269 e. The molecule has 0 aliphatic heterocycles. The van der Waals surface area contributed by atoms with E-state index in [9.17, 15) is 0 Å². The van der Waals surface area contributed by atoms with E-state index in [1.165, 1.54) is 6.08 Å². The predicted molar refractivity (Wildman–Crippen MR) is 51.9 cm³/mol. The monoisotopic (exact) mass is 175 g/mol. The zero-order valence-corrected chi connectivity index (χ0v) is 7.99. The summed E-state index contributed by atoms with van der Waals surface area (Å²) < 4.78 is 1.96. The molecule has 1 rings (SSSR count). The lowest BCUT2D eigenvalue weighted by molar-refractivity contribution is 0.587. The maximum absolute atomic E-state index is 8.36. The van der Waals surface area contributed by atoms with Crippen molar-refractivity contribution >= 4 is 6.08 Å². The molecule has 0 saturated carbocycles. The first-order valence-corrected chi connectivity index (χ1v) is 4.38. The maximum atomic E-state index is 8.36. The van der Waals surface area contributed by atoms with Gasteiger partial charge in [0.2, 0.25) is 0 Å². The summed E-state index contributed by atoms with van der Waals surface area (Å²) in [7, 11) is 0. The van der Waals surface area contributed by atoms with Crippen LogP contribution in [0.5, 0.6) is 0 Å². The third-order valence-corrected chi connectivity index (χ3v) is 1.91. The first kappa shape index (κ1) is 9.53. The lowest BCUT2D eigenvalue weighted by atomic mass is 10.2. The van der Waals surface area contributed by atoms with Crippen LogP contribution >= 0.6 is 0 Å². The topological polar surface area (TPSA) is 41.6 Å². The highest BCUT2D eigenvalue weighted by molar-refractivity contribution is 5.52. The van der Waals surface area contributed by atoms with Gasteiger partial charge in [-0.2, -0.15) is 10.4 Å². The lowest BCUT2D eigenvalue weighted by Crippen LogP contribution is -2.00. The molecule has 0 saturated heterocycles. The summed E-state index contributed by atoms with van der Waals surface area (Å²) in [5.74, 6) is 0. The summed E-state index contributed by atoms with van der Waals surface area (Å²) in [6.07, 6.45) is 6.12. The molecule has 1 heterocycles. The van der Waals surface area contributed by atoms with Gasteiger partial charge in [0.05, 0.1) is 12.3 Å². The molecule has 1 aromatic rings. The molecule has 68 valence electrons. The molecule has 0 bridgehead atoms. The van der Waals surface area contributed by atoms with Crippen LogP contribution in [0.15, 0.2) is 12.3 Å². The predicted octanol–water partition coefficient (Wildman–Crippen LogP) is 2.14. The fourth-order valence-corrected chi connectivity index (χ4v) is 1.19. The quantitative estimate of drug-likeness (QED) is 0.660. The van der Waals surface area contributed by atoms with Gasteiger partial charge in [-0.15, -0.1) is 0 Å². The van der Waals surface area contributed by atoms with Gasteiger partial charge < -0.3 is 0 Å². The van der Waals surface area contributed by atoms with Gasteiger partial charge >= 0.3 is 0 Å². The Labute approximate surface area is 78.3 Å². The number of aromatic nitrogens is 2. The van der Waals surface area contributed by atoms with Gasteiger partial charge in [-0.1, -0.05) is 6.92 Å². The second kappa shape index (κ2) is 4.46. The van der Waals surface area contributed by atoms with Gasteiger partial charge in [-0.3, -0.25) is 4.68 Å². The van der Waals surface area contributed by atoms with Crippen molar-refractivity contribution in [3.05, 3.63) is 23.5 Å². The molecule has 0 fully saturated rings. The molecule has 0 unspecified atom stereocenters. The van der Waals surface area contributed by atoms with Crippen LogP contribution in [0.2, 0.25) is 0 Å². The third kappa shape index (κ3) is 2.19. The fraction of sp³-hybridized carbons (Fsp3) is 0.400. The van der Waals surface area contributed by atoms with E-state index in [-0.39, 0.29) is 0 Å².